The number of aliphatic hydroxyl groups is 1. The monoisotopic (exact) mass is 494 g/mol. The van der Waals surface area contributed by atoms with Crippen LogP contribution in [-0.2, 0) is 19.1 Å². The van der Waals surface area contributed by atoms with E-state index in [1.54, 1.807) is 48.5 Å². The standard InChI is InChI=1S/C27H30N2O7/c1-3-36-21-6-4-5-20(17-21)24(30)22-23(18-7-9-19(10-8-18)27(33)34-2)29(26(32)25(22)31)12-11-28-13-15-35-16-14-28/h4-10,17,23,30H,3,11-16H2,1-2H3/b24-22+. The lowest BCUT2D eigenvalue weighted by Gasteiger charge is -2.31. The summed E-state index contributed by atoms with van der Waals surface area (Å²) in [6, 6.07) is 12.5. The third kappa shape index (κ3) is 5.27. The third-order valence-electron chi connectivity index (χ3n) is 6.37. The summed E-state index contributed by atoms with van der Waals surface area (Å²) >= 11 is 0. The fourth-order valence-corrected chi connectivity index (χ4v) is 4.51. The Labute approximate surface area is 209 Å². The number of aliphatic hydroxyl groups excluding tert-OH is 1. The Hall–Kier alpha value is -3.69. The van der Waals surface area contributed by atoms with Crippen LogP contribution in [0.2, 0.25) is 0 Å². The van der Waals surface area contributed by atoms with Gasteiger partial charge in [0.2, 0.25) is 0 Å². The van der Waals surface area contributed by atoms with E-state index in [-0.39, 0.29) is 11.3 Å². The van der Waals surface area contributed by atoms with E-state index in [9.17, 15) is 19.5 Å². The minimum absolute atomic E-state index is 0.00134. The van der Waals surface area contributed by atoms with Crippen molar-refractivity contribution in [1.82, 2.24) is 9.80 Å². The SMILES string of the molecule is CCOc1cccc(/C(O)=C2\C(=O)C(=O)N(CCN3CCOCC3)C2c2ccc(C(=O)OC)cc2)c1. The highest BCUT2D eigenvalue weighted by atomic mass is 16.5. The van der Waals surface area contributed by atoms with Gasteiger partial charge in [-0.05, 0) is 36.8 Å². The van der Waals surface area contributed by atoms with Gasteiger partial charge in [-0.2, -0.15) is 0 Å². The molecule has 2 aliphatic heterocycles. The molecule has 2 aliphatic rings. The van der Waals surface area contributed by atoms with E-state index in [0.29, 0.717) is 55.4 Å². The van der Waals surface area contributed by atoms with Crippen molar-refractivity contribution in [3.63, 3.8) is 0 Å². The zero-order valence-corrected chi connectivity index (χ0v) is 20.4. The molecule has 0 aliphatic carbocycles. The van der Waals surface area contributed by atoms with Crippen molar-refractivity contribution in [3.8, 4) is 5.75 Å². The van der Waals surface area contributed by atoms with Gasteiger partial charge < -0.3 is 24.2 Å². The van der Waals surface area contributed by atoms with Gasteiger partial charge in [-0.1, -0.05) is 24.3 Å². The molecule has 9 heteroatoms. The average Bonchev–Trinajstić information content (AvgIpc) is 3.17. The molecule has 0 radical (unpaired) electrons. The zero-order chi connectivity index (χ0) is 25.7. The molecular weight excluding hydrogens is 464 g/mol. The minimum atomic E-state index is -0.812. The van der Waals surface area contributed by atoms with Crippen LogP contribution in [0.4, 0.5) is 0 Å². The topological polar surface area (TPSA) is 106 Å². The van der Waals surface area contributed by atoms with Crippen molar-refractivity contribution >= 4 is 23.4 Å². The van der Waals surface area contributed by atoms with E-state index in [1.165, 1.54) is 12.0 Å². The van der Waals surface area contributed by atoms with Crippen molar-refractivity contribution in [1.29, 1.82) is 0 Å². The van der Waals surface area contributed by atoms with Crippen LogP contribution in [0, 0.1) is 0 Å². The number of esters is 1. The molecule has 4 rings (SSSR count). The van der Waals surface area contributed by atoms with E-state index in [2.05, 4.69) is 4.90 Å². The molecule has 1 N–H and O–H groups in total. The van der Waals surface area contributed by atoms with Gasteiger partial charge >= 0.3 is 5.97 Å². The molecule has 0 aromatic heterocycles. The van der Waals surface area contributed by atoms with Crippen LogP contribution < -0.4 is 4.74 Å². The Kier molecular flexibility index (Phi) is 8.02. The zero-order valence-electron chi connectivity index (χ0n) is 20.4. The number of amides is 1. The van der Waals surface area contributed by atoms with Gasteiger partial charge in [0.25, 0.3) is 11.7 Å². The number of hydrogen-bond acceptors (Lipinski definition) is 8. The molecule has 1 amide bonds. The first-order valence-electron chi connectivity index (χ1n) is 11.9. The number of Topliss-reactive ketones (excluding diaryl/α,β-unsaturated/α-hetero) is 1. The Balaban J connectivity index is 1.74. The summed E-state index contributed by atoms with van der Waals surface area (Å²) in [6.45, 7) is 5.88. The summed E-state index contributed by atoms with van der Waals surface area (Å²) in [5.41, 5.74) is 1.33. The first-order valence-corrected chi connectivity index (χ1v) is 11.9. The largest absolute Gasteiger partial charge is 0.507 e. The maximum absolute atomic E-state index is 13.2. The van der Waals surface area contributed by atoms with Crippen molar-refractivity contribution in [3.05, 3.63) is 70.8 Å². The van der Waals surface area contributed by atoms with E-state index in [1.807, 2.05) is 6.92 Å². The number of rotatable bonds is 8. The van der Waals surface area contributed by atoms with Crippen molar-refractivity contribution in [2.24, 2.45) is 0 Å². The lowest BCUT2D eigenvalue weighted by atomic mass is 9.94. The van der Waals surface area contributed by atoms with Crippen molar-refractivity contribution in [2.75, 3.05) is 53.1 Å². The second kappa shape index (κ2) is 11.4. The van der Waals surface area contributed by atoms with Crippen LogP contribution in [0.5, 0.6) is 5.75 Å². The second-order valence-corrected chi connectivity index (χ2v) is 8.52. The number of likely N-dealkylation sites (tertiary alicyclic amines) is 1. The number of ether oxygens (including phenoxy) is 3. The number of carbonyl (C=O) groups excluding carboxylic acids is 3. The van der Waals surface area contributed by atoms with Crippen LogP contribution in [-0.4, -0.2) is 85.7 Å². The van der Waals surface area contributed by atoms with Gasteiger partial charge in [0, 0.05) is 31.7 Å². The van der Waals surface area contributed by atoms with Crippen molar-refractivity contribution < 1.29 is 33.7 Å². The molecule has 190 valence electrons. The summed E-state index contributed by atoms with van der Waals surface area (Å²) in [6.07, 6.45) is 0. The van der Waals surface area contributed by atoms with Crippen LogP contribution in [0.25, 0.3) is 5.76 Å². The molecule has 0 bridgehead atoms. The predicted molar refractivity (Wildman–Crippen MR) is 132 cm³/mol. The summed E-state index contributed by atoms with van der Waals surface area (Å²) in [5, 5.41) is 11.3. The molecule has 2 saturated heterocycles. The normalized spacial score (nSPS) is 19.9. The summed E-state index contributed by atoms with van der Waals surface area (Å²) in [5.74, 6) is -1.64. The first kappa shape index (κ1) is 25.4. The highest BCUT2D eigenvalue weighted by Gasteiger charge is 2.46. The fraction of sp³-hybridized carbons (Fsp3) is 0.370. The van der Waals surface area contributed by atoms with Gasteiger partial charge in [-0.3, -0.25) is 14.5 Å². The highest BCUT2D eigenvalue weighted by molar-refractivity contribution is 6.46. The smallest absolute Gasteiger partial charge is 0.337 e. The van der Waals surface area contributed by atoms with Crippen LogP contribution in [0.1, 0.15) is 34.5 Å². The molecule has 9 nitrogen and oxygen atoms in total. The number of ketones is 1. The van der Waals surface area contributed by atoms with Crippen LogP contribution in [0.15, 0.2) is 54.1 Å². The van der Waals surface area contributed by atoms with E-state index in [4.69, 9.17) is 14.2 Å². The van der Waals surface area contributed by atoms with Gasteiger partial charge in [-0.15, -0.1) is 0 Å². The van der Waals surface area contributed by atoms with E-state index < -0.39 is 23.7 Å². The number of methoxy groups -OCH3 is 1. The van der Waals surface area contributed by atoms with Gasteiger partial charge in [0.05, 0.1) is 44.1 Å². The van der Waals surface area contributed by atoms with Gasteiger partial charge in [0.15, 0.2) is 0 Å². The predicted octanol–water partition coefficient (Wildman–Crippen LogP) is 2.63. The summed E-state index contributed by atoms with van der Waals surface area (Å²) < 4.78 is 15.7. The molecule has 36 heavy (non-hydrogen) atoms. The Morgan fingerprint density at radius 2 is 1.78 bits per heavy atom. The number of morpholine rings is 1. The summed E-state index contributed by atoms with van der Waals surface area (Å²) in [7, 11) is 1.30. The molecule has 2 heterocycles. The average molecular weight is 495 g/mol. The number of benzene rings is 2. The number of hydrogen-bond donors (Lipinski definition) is 1. The fourth-order valence-electron chi connectivity index (χ4n) is 4.51. The molecule has 0 spiro atoms. The van der Waals surface area contributed by atoms with Crippen LogP contribution in [0.3, 0.4) is 0 Å². The molecule has 2 fully saturated rings. The Morgan fingerprint density at radius 3 is 2.44 bits per heavy atom. The minimum Gasteiger partial charge on any atom is -0.507 e. The molecule has 0 saturated carbocycles. The maximum atomic E-state index is 13.2. The van der Waals surface area contributed by atoms with Gasteiger partial charge in [-0.25, -0.2) is 4.79 Å². The van der Waals surface area contributed by atoms with Crippen molar-refractivity contribution in [2.45, 2.75) is 13.0 Å². The third-order valence-corrected chi connectivity index (χ3v) is 6.37. The Bertz CT molecular complexity index is 1150. The number of nitrogens with zero attached hydrogens (tertiary/aromatic N) is 2. The van der Waals surface area contributed by atoms with Gasteiger partial charge in [0.1, 0.15) is 11.5 Å². The molecule has 1 unspecified atom stereocenters. The summed E-state index contributed by atoms with van der Waals surface area (Å²) in [4.78, 5) is 42.0. The Morgan fingerprint density at radius 1 is 1.06 bits per heavy atom. The maximum Gasteiger partial charge on any atom is 0.337 e. The van der Waals surface area contributed by atoms with E-state index in [0.717, 1.165) is 13.1 Å². The van der Waals surface area contributed by atoms with E-state index >= 15 is 0 Å². The van der Waals surface area contributed by atoms with Crippen LogP contribution >= 0.6 is 0 Å². The molecule has 1 atom stereocenters. The lowest BCUT2D eigenvalue weighted by Crippen LogP contribution is -2.42. The molecule has 2 aromatic carbocycles. The lowest BCUT2D eigenvalue weighted by molar-refractivity contribution is -0.140. The first-order chi connectivity index (χ1) is 17.4. The number of carbonyl (C=O) groups is 3. The highest BCUT2D eigenvalue weighted by Crippen LogP contribution is 2.39. The second-order valence-electron chi connectivity index (χ2n) is 8.52. The quantitative estimate of drug-likeness (QED) is 0.258. The molecular formula is C27H30N2O7. The molecule has 2 aromatic rings.